The number of ether oxygens (including phenoxy) is 1. The maximum atomic E-state index is 12.8. The molecule has 0 unspecified atom stereocenters. The van der Waals surface area contributed by atoms with Crippen molar-refractivity contribution < 1.29 is 9.53 Å². The Morgan fingerprint density at radius 3 is 2.64 bits per heavy atom. The molecule has 1 saturated heterocycles. The van der Waals surface area contributed by atoms with Crippen LogP contribution in [0.2, 0.25) is 5.02 Å². The van der Waals surface area contributed by atoms with E-state index in [-0.39, 0.29) is 12.0 Å². The first-order valence-electron chi connectivity index (χ1n) is 9.36. The smallest absolute Gasteiger partial charge is 0.254 e. The number of pyridine rings is 1. The van der Waals surface area contributed by atoms with Gasteiger partial charge in [-0.05, 0) is 35.9 Å². The van der Waals surface area contributed by atoms with Gasteiger partial charge in [0.2, 0.25) is 0 Å². The van der Waals surface area contributed by atoms with Crippen molar-refractivity contribution in [2.75, 3.05) is 19.7 Å². The average Bonchev–Trinajstić information content (AvgIpc) is 2.76. The number of hydrogen-bond acceptors (Lipinski definition) is 3. The molecule has 2 heterocycles. The molecule has 1 amide bonds. The van der Waals surface area contributed by atoms with Gasteiger partial charge in [0.05, 0.1) is 18.8 Å². The normalized spacial score (nSPS) is 16.8. The van der Waals surface area contributed by atoms with E-state index in [1.165, 1.54) is 0 Å². The summed E-state index contributed by atoms with van der Waals surface area (Å²) in [5.74, 6) is 0.0288. The first-order chi connectivity index (χ1) is 13.7. The third-order valence-electron chi connectivity index (χ3n) is 4.86. The highest BCUT2D eigenvalue weighted by atomic mass is 35.5. The van der Waals surface area contributed by atoms with Crippen molar-refractivity contribution in [1.82, 2.24) is 9.88 Å². The molecule has 4 nitrogen and oxygen atoms in total. The third kappa shape index (κ3) is 4.24. The topological polar surface area (TPSA) is 42.4 Å². The lowest BCUT2D eigenvalue weighted by molar-refractivity contribution is -0.0247. The molecule has 0 aliphatic carbocycles. The van der Waals surface area contributed by atoms with Crippen molar-refractivity contribution >= 4 is 17.5 Å². The SMILES string of the molecule is O=C(c1ccccc1)N1CCO[C@@H](c2cccc(Cc3ccccc3Cl)n2)C1. The van der Waals surface area contributed by atoms with Crippen molar-refractivity contribution in [3.05, 3.63) is 100 Å². The minimum atomic E-state index is -0.229. The van der Waals surface area contributed by atoms with E-state index in [1.54, 1.807) is 0 Å². The van der Waals surface area contributed by atoms with Gasteiger partial charge in [-0.3, -0.25) is 9.78 Å². The molecule has 1 aromatic heterocycles. The fourth-order valence-electron chi connectivity index (χ4n) is 3.39. The Morgan fingerprint density at radius 2 is 1.82 bits per heavy atom. The van der Waals surface area contributed by atoms with Crippen molar-refractivity contribution in [1.29, 1.82) is 0 Å². The summed E-state index contributed by atoms with van der Waals surface area (Å²) < 4.78 is 5.93. The lowest BCUT2D eigenvalue weighted by Crippen LogP contribution is -2.42. The Kier molecular flexibility index (Phi) is 5.70. The van der Waals surface area contributed by atoms with Gasteiger partial charge >= 0.3 is 0 Å². The Labute approximate surface area is 169 Å². The van der Waals surface area contributed by atoms with Crippen molar-refractivity contribution in [2.45, 2.75) is 12.5 Å². The first-order valence-corrected chi connectivity index (χ1v) is 9.73. The lowest BCUT2D eigenvalue weighted by atomic mass is 10.1. The average molecular weight is 393 g/mol. The minimum Gasteiger partial charge on any atom is -0.368 e. The van der Waals surface area contributed by atoms with Crippen LogP contribution in [0.15, 0.2) is 72.8 Å². The van der Waals surface area contributed by atoms with E-state index in [2.05, 4.69) is 0 Å². The largest absolute Gasteiger partial charge is 0.368 e. The molecule has 0 bridgehead atoms. The van der Waals surface area contributed by atoms with Gasteiger partial charge in [-0.2, -0.15) is 0 Å². The Balaban J connectivity index is 1.49. The third-order valence-corrected chi connectivity index (χ3v) is 5.23. The van der Waals surface area contributed by atoms with Gasteiger partial charge in [-0.1, -0.05) is 54.1 Å². The van der Waals surface area contributed by atoms with Gasteiger partial charge in [0.15, 0.2) is 0 Å². The van der Waals surface area contributed by atoms with Crippen LogP contribution >= 0.6 is 11.6 Å². The molecule has 0 saturated carbocycles. The van der Waals surface area contributed by atoms with Crippen LogP contribution in [0.4, 0.5) is 0 Å². The summed E-state index contributed by atoms with van der Waals surface area (Å²) in [6, 6.07) is 23.1. The summed E-state index contributed by atoms with van der Waals surface area (Å²) in [5.41, 5.74) is 3.51. The van der Waals surface area contributed by atoms with Crippen LogP contribution in [-0.2, 0) is 11.2 Å². The summed E-state index contributed by atoms with van der Waals surface area (Å²) in [5, 5.41) is 0.739. The number of rotatable bonds is 4. The number of amides is 1. The first kappa shape index (κ1) is 18.7. The number of carbonyl (C=O) groups excluding carboxylic acids is 1. The van der Waals surface area contributed by atoms with Crippen LogP contribution in [0, 0.1) is 0 Å². The molecule has 0 radical (unpaired) electrons. The van der Waals surface area contributed by atoms with E-state index in [4.69, 9.17) is 21.3 Å². The number of carbonyl (C=O) groups is 1. The van der Waals surface area contributed by atoms with Crippen LogP contribution < -0.4 is 0 Å². The molecule has 1 fully saturated rings. The predicted molar refractivity (Wildman–Crippen MR) is 110 cm³/mol. The summed E-state index contributed by atoms with van der Waals surface area (Å²) in [6.07, 6.45) is 0.431. The van der Waals surface area contributed by atoms with E-state index in [0.29, 0.717) is 31.7 Å². The molecule has 2 aromatic carbocycles. The molecule has 3 aromatic rings. The quantitative estimate of drug-likeness (QED) is 0.654. The highest BCUT2D eigenvalue weighted by Crippen LogP contribution is 2.24. The van der Waals surface area contributed by atoms with Crippen LogP contribution in [0.25, 0.3) is 0 Å². The summed E-state index contributed by atoms with van der Waals surface area (Å²) in [6.45, 7) is 1.58. The standard InChI is InChI=1S/C23H21ClN2O2/c24-20-11-5-4-9-18(20)15-19-10-6-12-21(25-19)22-16-26(13-14-28-22)23(27)17-7-2-1-3-8-17/h1-12,22H,13-16H2/t22-/m1/s1. The fourth-order valence-corrected chi connectivity index (χ4v) is 3.59. The second kappa shape index (κ2) is 8.55. The molecule has 1 aliphatic rings. The molecule has 4 rings (SSSR count). The van der Waals surface area contributed by atoms with Gasteiger partial charge in [-0.15, -0.1) is 0 Å². The van der Waals surface area contributed by atoms with Crippen molar-refractivity contribution in [3.63, 3.8) is 0 Å². The molecular formula is C23H21ClN2O2. The van der Waals surface area contributed by atoms with E-state index >= 15 is 0 Å². The van der Waals surface area contributed by atoms with Gasteiger partial charge in [0.25, 0.3) is 5.91 Å². The predicted octanol–water partition coefficient (Wildman–Crippen LogP) is 4.54. The highest BCUT2D eigenvalue weighted by molar-refractivity contribution is 6.31. The number of halogens is 1. The molecule has 0 N–H and O–H groups in total. The Bertz CT molecular complexity index is 962. The fraction of sp³-hybridized carbons (Fsp3) is 0.217. The van der Waals surface area contributed by atoms with Crippen LogP contribution in [0.3, 0.4) is 0 Å². The van der Waals surface area contributed by atoms with Crippen molar-refractivity contribution in [2.24, 2.45) is 0 Å². The Hall–Kier alpha value is -2.69. The molecule has 28 heavy (non-hydrogen) atoms. The Morgan fingerprint density at radius 1 is 1.04 bits per heavy atom. The van der Waals surface area contributed by atoms with Gasteiger partial charge in [-0.25, -0.2) is 0 Å². The number of morpholine rings is 1. The molecule has 142 valence electrons. The molecule has 1 atom stereocenters. The van der Waals surface area contributed by atoms with Crippen LogP contribution in [-0.4, -0.2) is 35.5 Å². The second-order valence-electron chi connectivity index (χ2n) is 6.80. The molecular weight excluding hydrogens is 372 g/mol. The maximum Gasteiger partial charge on any atom is 0.254 e. The van der Waals surface area contributed by atoms with Crippen LogP contribution in [0.5, 0.6) is 0 Å². The van der Waals surface area contributed by atoms with Crippen LogP contribution in [0.1, 0.15) is 33.4 Å². The van der Waals surface area contributed by atoms with E-state index in [0.717, 1.165) is 22.0 Å². The second-order valence-corrected chi connectivity index (χ2v) is 7.21. The lowest BCUT2D eigenvalue weighted by Gasteiger charge is -2.33. The summed E-state index contributed by atoms with van der Waals surface area (Å²) >= 11 is 6.28. The van der Waals surface area contributed by atoms with E-state index in [1.807, 2.05) is 77.7 Å². The zero-order valence-corrected chi connectivity index (χ0v) is 16.2. The van der Waals surface area contributed by atoms with Crippen molar-refractivity contribution in [3.8, 4) is 0 Å². The minimum absolute atomic E-state index is 0.0288. The van der Waals surface area contributed by atoms with Gasteiger partial charge in [0, 0.05) is 29.2 Å². The van der Waals surface area contributed by atoms with Gasteiger partial charge in [0.1, 0.15) is 6.10 Å². The highest BCUT2D eigenvalue weighted by Gasteiger charge is 2.27. The number of hydrogen-bond donors (Lipinski definition) is 0. The molecule has 1 aliphatic heterocycles. The monoisotopic (exact) mass is 392 g/mol. The zero-order chi connectivity index (χ0) is 19.3. The van der Waals surface area contributed by atoms with E-state index < -0.39 is 0 Å². The van der Waals surface area contributed by atoms with Gasteiger partial charge < -0.3 is 9.64 Å². The summed E-state index contributed by atoms with van der Waals surface area (Å²) in [4.78, 5) is 19.4. The maximum absolute atomic E-state index is 12.8. The van der Waals surface area contributed by atoms with E-state index in [9.17, 15) is 4.79 Å². The molecule has 0 spiro atoms. The number of benzene rings is 2. The number of aromatic nitrogens is 1. The molecule has 5 heteroatoms. The number of nitrogens with zero attached hydrogens (tertiary/aromatic N) is 2. The zero-order valence-electron chi connectivity index (χ0n) is 15.4. The summed E-state index contributed by atoms with van der Waals surface area (Å²) in [7, 11) is 0.